The van der Waals surface area contributed by atoms with Crippen molar-refractivity contribution in [1.29, 1.82) is 0 Å². The maximum Gasteiger partial charge on any atom is 0.327 e. The molecule has 0 bridgehead atoms. The smallest absolute Gasteiger partial charge is 0.327 e. The van der Waals surface area contributed by atoms with Crippen molar-refractivity contribution in [3.8, 4) is 16.9 Å². The molecule has 5 rings (SSSR count). The molecule has 32 heavy (non-hydrogen) atoms. The van der Waals surface area contributed by atoms with Crippen LogP contribution in [0.25, 0.3) is 33.1 Å². The molecule has 1 N–H and O–H groups in total. The molecule has 5 aromatic rings. The molecule has 0 aliphatic rings. The molecule has 3 aromatic heterocycles. The highest BCUT2D eigenvalue weighted by Crippen LogP contribution is 2.39. The Hall–Kier alpha value is -3.58. The first-order chi connectivity index (χ1) is 15.4. The van der Waals surface area contributed by atoms with Crippen LogP contribution in [0.4, 0.5) is 0 Å². The molecule has 0 amide bonds. The van der Waals surface area contributed by atoms with Crippen molar-refractivity contribution in [2.75, 3.05) is 7.11 Å². The zero-order valence-corrected chi connectivity index (χ0v) is 18.8. The molecule has 8 heteroatoms. The summed E-state index contributed by atoms with van der Waals surface area (Å²) < 4.78 is 12.8. The van der Waals surface area contributed by atoms with E-state index in [9.17, 15) is 4.79 Å². The Labute approximate surface area is 188 Å². The van der Waals surface area contributed by atoms with Gasteiger partial charge in [-0.05, 0) is 50.6 Å². The fourth-order valence-corrected chi connectivity index (χ4v) is 4.45. The van der Waals surface area contributed by atoms with E-state index in [1.165, 1.54) is 0 Å². The quantitative estimate of drug-likeness (QED) is 0.396. The predicted octanol–water partition coefficient (Wildman–Crippen LogP) is 5.42. The van der Waals surface area contributed by atoms with Crippen LogP contribution in [-0.2, 0) is 0 Å². The van der Waals surface area contributed by atoms with E-state index in [0.29, 0.717) is 22.0 Å². The Bertz CT molecular complexity index is 1510. The summed E-state index contributed by atoms with van der Waals surface area (Å²) >= 11 is 6.05. The van der Waals surface area contributed by atoms with Crippen LogP contribution in [0.1, 0.15) is 30.0 Å². The molecule has 1 unspecified atom stereocenters. The topological polar surface area (TPSA) is 85.9 Å². The van der Waals surface area contributed by atoms with Crippen molar-refractivity contribution >= 4 is 33.5 Å². The highest BCUT2D eigenvalue weighted by atomic mass is 35.5. The Kier molecular flexibility index (Phi) is 4.78. The van der Waals surface area contributed by atoms with E-state index in [0.717, 1.165) is 38.8 Å². The summed E-state index contributed by atoms with van der Waals surface area (Å²) in [5, 5.41) is 5.53. The summed E-state index contributed by atoms with van der Waals surface area (Å²) in [4.78, 5) is 20.5. The second-order valence-corrected chi connectivity index (χ2v) is 8.25. The van der Waals surface area contributed by atoms with Gasteiger partial charge in [-0.15, -0.1) is 0 Å². The number of imidazole rings is 1. The van der Waals surface area contributed by atoms with Crippen molar-refractivity contribution in [2.24, 2.45) is 0 Å². The molecular weight excluding hydrogens is 428 g/mol. The molecular formula is C24H21ClN4O3. The van der Waals surface area contributed by atoms with Gasteiger partial charge in [0.15, 0.2) is 0 Å². The fraction of sp³-hybridized carbons (Fsp3) is 0.208. The van der Waals surface area contributed by atoms with Crippen molar-refractivity contribution in [3.05, 3.63) is 75.1 Å². The fourth-order valence-electron chi connectivity index (χ4n) is 4.32. The number of ether oxygens (including phenoxy) is 1. The lowest BCUT2D eigenvalue weighted by atomic mass is 10.00. The van der Waals surface area contributed by atoms with E-state index in [2.05, 4.69) is 15.1 Å². The number of aromatic nitrogens is 4. The molecule has 0 aliphatic carbocycles. The van der Waals surface area contributed by atoms with E-state index in [4.69, 9.17) is 20.9 Å². The number of halogens is 1. The number of hydrogen-bond donors (Lipinski definition) is 1. The number of aryl methyl sites for hydroxylation is 2. The van der Waals surface area contributed by atoms with Crippen LogP contribution in [0, 0.1) is 13.8 Å². The van der Waals surface area contributed by atoms with Crippen LogP contribution < -0.4 is 10.4 Å². The molecule has 0 radical (unpaired) electrons. The monoisotopic (exact) mass is 448 g/mol. The Morgan fingerprint density at radius 1 is 1.19 bits per heavy atom. The third-order valence-electron chi connectivity index (χ3n) is 5.90. The highest BCUT2D eigenvalue weighted by Gasteiger charge is 2.21. The van der Waals surface area contributed by atoms with Gasteiger partial charge in [0, 0.05) is 16.0 Å². The van der Waals surface area contributed by atoms with E-state index in [1.54, 1.807) is 17.9 Å². The third-order valence-corrected chi connectivity index (χ3v) is 6.16. The van der Waals surface area contributed by atoms with Crippen molar-refractivity contribution in [1.82, 2.24) is 19.7 Å². The lowest BCUT2D eigenvalue weighted by Gasteiger charge is -2.16. The first-order valence-corrected chi connectivity index (χ1v) is 10.6. The van der Waals surface area contributed by atoms with Gasteiger partial charge >= 0.3 is 5.69 Å². The van der Waals surface area contributed by atoms with Crippen LogP contribution in [0.3, 0.4) is 0 Å². The zero-order chi connectivity index (χ0) is 22.6. The van der Waals surface area contributed by atoms with E-state index in [-0.39, 0.29) is 11.7 Å². The summed E-state index contributed by atoms with van der Waals surface area (Å²) in [5.74, 6) is 1.36. The number of H-pyrrole nitrogens is 1. The van der Waals surface area contributed by atoms with Gasteiger partial charge in [0.25, 0.3) is 0 Å². The maximum atomic E-state index is 13.0. The van der Waals surface area contributed by atoms with E-state index in [1.807, 2.05) is 57.2 Å². The highest BCUT2D eigenvalue weighted by molar-refractivity contribution is 6.30. The molecule has 0 fully saturated rings. The van der Waals surface area contributed by atoms with Crippen LogP contribution in [-0.4, -0.2) is 26.8 Å². The Morgan fingerprint density at radius 3 is 2.59 bits per heavy atom. The number of nitrogens with one attached hydrogen (secondary N) is 1. The molecule has 3 heterocycles. The number of benzene rings is 2. The second-order valence-electron chi connectivity index (χ2n) is 7.82. The lowest BCUT2D eigenvalue weighted by Crippen LogP contribution is -2.21. The molecule has 2 aromatic carbocycles. The van der Waals surface area contributed by atoms with Crippen LogP contribution in [0.15, 0.2) is 51.9 Å². The third kappa shape index (κ3) is 3.08. The average Bonchev–Trinajstić information content (AvgIpc) is 3.30. The maximum absolute atomic E-state index is 13.0. The van der Waals surface area contributed by atoms with Crippen molar-refractivity contribution in [3.63, 3.8) is 0 Å². The standard InChI is InChI=1S/C24H21ClN4O3/c1-12-22(14(3)32-28-12)18-9-19-17(10-21(18)31-4)23-20(11-26-19)27-24(30)29(23)13(2)15-5-7-16(25)8-6-15/h5-11,13H,1-4H3,(H,27,30). The van der Waals surface area contributed by atoms with Gasteiger partial charge in [0.2, 0.25) is 0 Å². The SMILES string of the molecule is COc1cc2c(cc1-c1c(C)noc1C)ncc1[nH]c(=O)n(C(C)c3ccc(Cl)cc3)c12. The largest absolute Gasteiger partial charge is 0.496 e. The van der Waals surface area contributed by atoms with Gasteiger partial charge in [-0.25, -0.2) is 4.79 Å². The molecule has 162 valence electrons. The minimum Gasteiger partial charge on any atom is -0.496 e. The Balaban J connectivity index is 1.80. The normalized spacial score (nSPS) is 12.5. The summed E-state index contributed by atoms with van der Waals surface area (Å²) in [5.41, 5.74) is 5.44. The minimum absolute atomic E-state index is 0.203. The summed E-state index contributed by atoms with van der Waals surface area (Å²) in [7, 11) is 1.62. The second kappa shape index (κ2) is 7.53. The number of hydrogen-bond acceptors (Lipinski definition) is 5. The van der Waals surface area contributed by atoms with Crippen molar-refractivity contribution in [2.45, 2.75) is 26.8 Å². The van der Waals surface area contributed by atoms with E-state index >= 15 is 0 Å². The van der Waals surface area contributed by atoms with Gasteiger partial charge in [-0.3, -0.25) is 9.55 Å². The van der Waals surface area contributed by atoms with Gasteiger partial charge < -0.3 is 14.2 Å². The number of aromatic amines is 1. The van der Waals surface area contributed by atoms with Gasteiger partial charge in [-0.1, -0.05) is 28.9 Å². The summed E-state index contributed by atoms with van der Waals surface area (Å²) in [6.07, 6.45) is 1.69. The summed E-state index contributed by atoms with van der Waals surface area (Å²) in [6.45, 7) is 5.75. The predicted molar refractivity (Wildman–Crippen MR) is 125 cm³/mol. The minimum atomic E-state index is -0.215. The number of pyridine rings is 1. The van der Waals surface area contributed by atoms with Crippen LogP contribution in [0.5, 0.6) is 5.75 Å². The van der Waals surface area contributed by atoms with Gasteiger partial charge in [-0.2, -0.15) is 0 Å². The number of nitrogens with zero attached hydrogens (tertiary/aromatic N) is 3. The average molecular weight is 449 g/mol. The van der Waals surface area contributed by atoms with Gasteiger partial charge in [0.05, 0.1) is 47.2 Å². The van der Waals surface area contributed by atoms with E-state index < -0.39 is 0 Å². The summed E-state index contributed by atoms with van der Waals surface area (Å²) in [6, 6.07) is 11.2. The lowest BCUT2D eigenvalue weighted by molar-refractivity contribution is 0.393. The van der Waals surface area contributed by atoms with Crippen LogP contribution >= 0.6 is 11.6 Å². The Morgan fingerprint density at radius 2 is 1.94 bits per heavy atom. The molecule has 1 atom stereocenters. The van der Waals surface area contributed by atoms with Crippen molar-refractivity contribution < 1.29 is 9.26 Å². The first-order valence-electron chi connectivity index (χ1n) is 10.2. The molecule has 0 spiro atoms. The number of methoxy groups -OCH3 is 1. The molecule has 7 nitrogen and oxygen atoms in total. The zero-order valence-electron chi connectivity index (χ0n) is 18.1. The van der Waals surface area contributed by atoms with Gasteiger partial charge in [0.1, 0.15) is 11.5 Å². The molecule has 0 aliphatic heterocycles. The molecule has 0 saturated carbocycles. The number of fused-ring (bicyclic) bond motifs is 3. The van der Waals surface area contributed by atoms with Crippen LogP contribution in [0.2, 0.25) is 5.02 Å². The number of rotatable bonds is 4. The molecule has 0 saturated heterocycles. The first kappa shape index (κ1) is 20.3.